The Hall–Kier alpha value is -1.69. The first-order chi connectivity index (χ1) is 8.61. The van der Waals surface area contributed by atoms with E-state index < -0.39 is 0 Å². The molecule has 0 saturated carbocycles. The van der Waals surface area contributed by atoms with Crippen LogP contribution in [0.5, 0.6) is 0 Å². The minimum Gasteiger partial charge on any atom is -0.319 e. The minimum absolute atomic E-state index is 0.681. The maximum Gasteiger partial charge on any atom is 0.104 e. The molecule has 0 fully saturated rings. The molecule has 18 heavy (non-hydrogen) atoms. The highest BCUT2D eigenvalue weighted by atomic mass is 15.4. The maximum atomic E-state index is 4.58. The number of nitrogens with zero attached hydrogens (tertiary/aromatic N) is 5. The lowest BCUT2D eigenvalue weighted by molar-refractivity contribution is 0.642. The molecule has 98 valence electrons. The van der Waals surface area contributed by atoms with Crippen LogP contribution >= 0.6 is 0 Å². The quantitative estimate of drug-likeness (QED) is 0.834. The van der Waals surface area contributed by atoms with Gasteiger partial charge in [0, 0.05) is 18.9 Å². The molecule has 0 aliphatic carbocycles. The molecule has 0 aliphatic heterocycles. The van der Waals surface area contributed by atoms with Crippen molar-refractivity contribution in [3.63, 3.8) is 0 Å². The predicted octanol–water partition coefficient (Wildman–Crippen LogP) is 0.439. The molecule has 0 amide bonds. The van der Waals surface area contributed by atoms with Crippen LogP contribution in [-0.4, -0.2) is 38.4 Å². The van der Waals surface area contributed by atoms with Gasteiger partial charge in [-0.2, -0.15) is 5.10 Å². The summed E-state index contributed by atoms with van der Waals surface area (Å²) in [5.74, 6) is 0. The van der Waals surface area contributed by atoms with Crippen molar-refractivity contribution in [3.05, 3.63) is 28.8 Å². The minimum atomic E-state index is 0.681. The summed E-state index contributed by atoms with van der Waals surface area (Å²) < 4.78 is 3.72. The summed E-state index contributed by atoms with van der Waals surface area (Å²) in [6, 6.07) is 0. The molecular weight excluding hydrogens is 228 g/mol. The lowest BCUT2D eigenvalue weighted by atomic mass is 10.1. The summed E-state index contributed by atoms with van der Waals surface area (Å²) in [6.45, 7) is 5.82. The number of aryl methyl sites for hydroxylation is 2. The molecule has 0 bridgehead atoms. The molecular formula is C12H20N6. The van der Waals surface area contributed by atoms with Crippen molar-refractivity contribution >= 4 is 0 Å². The van der Waals surface area contributed by atoms with E-state index in [1.54, 1.807) is 4.68 Å². The second kappa shape index (κ2) is 5.30. The zero-order chi connectivity index (χ0) is 13.1. The standard InChI is InChI=1S/C12H20N6/c1-9-12(5-6-13-3)10(2)18(15-9)8-11-7-17(4)16-14-11/h7,13H,5-6,8H2,1-4H3. The molecule has 0 unspecified atom stereocenters. The van der Waals surface area contributed by atoms with Gasteiger partial charge in [-0.15, -0.1) is 5.10 Å². The third kappa shape index (κ3) is 2.59. The second-order valence-electron chi connectivity index (χ2n) is 4.54. The Bertz CT molecular complexity index is 525. The molecule has 0 atom stereocenters. The molecule has 6 heteroatoms. The Labute approximate surface area is 107 Å². The van der Waals surface area contributed by atoms with Crippen LogP contribution in [0.3, 0.4) is 0 Å². The van der Waals surface area contributed by atoms with E-state index >= 15 is 0 Å². The van der Waals surface area contributed by atoms with E-state index in [1.807, 2.05) is 25.0 Å². The summed E-state index contributed by atoms with van der Waals surface area (Å²) in [5.41, 5.74) is 4.58. The van der Waals surface area contributed by atoms with Crippen LogP contribution in [0.1, 0.15) is 22.6 Å². The van der Waals surface area contributed by atoms with Gasteiger partial charge in [0.2, 0.25) is 0 Å². The van der Waals surface area contributed by atoms with Gasteiger partial charge in [-0.3, -0.25) is 9.36 Å². The second-order valence-corrected chi connectivity index (χ2v) is 4.54. The number of rotatable bonds is 5. The van der Waals surface area contributed by atoms with E-state index in [0.717, 1.165) is 24.4 Å². The highest BCUT2D eigenvalue weighted by molar-refractivity contribution is 5.25. The lowest BCUT2D eigenvalue weighted by Gasteiger charge is -2.03. The van der Waals surface area contributed by atoms with Crippen molar-refractivity contribution < 1.29 is 0 Å². The Morgan fingerprint density at radius 1 is 1.33 bits per heavy atom. The first-order valence-corrected chi connectivity index (χ1v) is 6.14. The van der Waals surface area contributed by atoms with Gasteiger partial charge in [-0.05, 0) is 39.4 Å². The first kappa shape index (κ1) is 12.8. The molecule has 0 saturated heterocycles. The van der Waals surface area contributed by atoms with Gasteiger partial charge in [0.25, 0.3) is 0 Å². The number of aromatic nitrogens is 5. The Kier molecular flexibility index (Phi) is 3.76. The van der Waals surface area contributed by atoms with Gasteiger partial charge in [0.05, 0.1) is 12.2 Å². The summed E-state index contributed by atoms with van der Waals surface area (Å²) in [6.07, 6.45) is 2.93. The van der Waals surface area contributed by atoms with Crippen molar-refractivity contribution in [2.45, 2.75) is 26.8 Å². The average Bonchev–Trinajstić information content (AvgIpc) is 2.84. The van der Waals surface area contributed by atoms with Crippen LogP contribution in [0.4, 0.5) is 0 Å². The van der Waals surface area contributed by atoms with Crippen molar-refractivity contribution in [1.82, 2.24) is 30.1 Å². The van der Waals surface area contributed by atoms with E-state index in [0.29, 0.717) is 6.54 Å². The number of hydrogen-bond acceptors (Lipinski definition) is 4. The average molecular weight is 248 g/mol. The zero-order valence-corrected chi connectivity index (χ0v) is 11.4. The number of likely N-dealkylation sites (N-methyl/N-ethyl adjacent to an activating group) is 1. The largest absolute Gasteiger partial charge is 0.319 e. The van der Waals surface area contributed by atoms with Gasteiger partial charge in [0.15, 0.2) is 0 Å². The zero-order valence-electron chi connectivity index (χ0n) is 11.4. The molecule has 2 aromatic heterocycles. The summed E-state index contributed by atoms with van der Waals surface area (Å²) >= 11 is 0. The van der Waals surface area contributed by atoms with Crippen molar-refractivity contribution in [3.8, 4) is 0 Å². The van der Waals surface area contributed by atoms with Crippen molar-refractivity contribution in [2.75, 3.05) is 13.6 Å². The van der Waals surface area contributed by atoms with Crippen molar-refractivity contribution in [1.29, 1.82) is 0 Å². The molecule has 0 aromatic carbocycles. The molecule has 1 N–H and O–H groups in total. The Balaban J connectivity index is 2.18. The number of nitrogens with one attached hydrogen (secondary N) is 1. The van der Waals surface area contributed by atoms with Crippen LogP contribution in [0, 0.1) is 13.8 Å². The monoisotopic (exact) mass is 248 g/mol. The van der Waals surface area contributed by atoms with E-state index in [-0.39, 0.29) is 0 Å². The Morgan fingerprint density at radius 3 is 2.72 bits per heavy atom. The molecule has 0 radical (unpaired) electrons. The number of hydrogen-bond donors (Lipinski definition) is 1. The van der Waals surface area contributed by atoms with Crippen LogP contribution in [0.15, 0.2) is 6.20 Å². The molecule has 0 aliphatic rings. The van der Waals surface area contributed by atoms with Gasteiger partial charge in [-0.1, -0.05) is 5.21 Å². The van der Waals surface area contributed by atoms with E-state index in [1.165, 1.54) is 11.3 Å². The van der Waals surface area contributed by atoms with Crippen LogP contribution in [0.2, 0.25) is 0 Å². The van der Waals surface area contributed by atoms with Crippen LogP contribution in [0.25, 0.3) is 0 Å². The summed E-state index contributed by atoms with van der Waals surface area (Å²) in [7, 11) is 3.84. The van der Waals surface area contributed by atoms with Gasteiger partial charge in [0.1, 0.15) is 5.69 Å². The molecule has 6 nitrogen and oxygen atoms in total. The predicted molar refractivity (Wildman–Crippen MR) is 69.4 cm³/mol. The molecule has 2 heterocycles. The van der Waals surface area contributed by atoms with Crippen LogP contribution < -0.4 is 5.32 Å². The maximum absolute atomic E-state index is 4.58. The SMILES string of the molecule is CNCCc1c(C)nn(Cc2cn(C)nn2)c1C. The van der Waals surface area contributed by atoms with Crippen molar-refractivity contribution in [2.24, 2.45) is 7.05 Å². The fourth-order valence-electron chi connectivity index (χ4n) is 2.12. The Morgan fingerprint density at radius 2 is 2.11 bits per heavy atom. The van der Waals surface area contributed by atoms with Crippen LogP contribution in [-0.2, 0) is 20.0 Å². The van der Waals surface area contributed by atoms with E-state index in [9.17, 15) is 0 Å². The smallest absolute Gasteiger partial charge is 0.104 e. The fraction of sp³-hybridized carbons (Fsp3) is 0.583. The molecule has 0 spiro atoms. The highest BCUT2D eigenvalue weighted by Gasteiger charge is 2.12. The highest BCUT2D eigenvalue weighted by Crippen LogP contribution is 2.14. The van der Waals surface area contributed by atoms with Gasteiger partial charge >= 0.3 is 0 Å². The third-order valence-electron chi connectivity index (χ3n) is 3.12. The van der Waals surface area contributed by atoms with E-state index in [4.69, 9.17) is 0 Å². The topological polar surface area (TPSA) is 60.6 Å². The van der Waals surface area contributed by atoms with E-state index in [2.05, 4.69) is 34.6 Å². The molecule has 2 aromatic rings. The molecule has 2 rings (SSSR count). The fourth-order valence-corrected chi connectivity index (χ4v) is 2.12. The summed E-state index contributed by atoms with van der Waals surface area (Å²) in [5, 5.41) is 15.8. The first-order valence-electron chi connectivity index (χ1n) is 6.14. The normalized spacial score (nSPS) is 11.1. The van der Waals surface area contributed by atoms with Gasteiger partial charge < -0.3 is 5.32 Å². The summed E-state index contributed by atoms with van der Waals surface area (Å²) in [4.78, 5) is 0. The lowest BCUT2D eigenvalue weighted by Crippen LogP contribution is -2.11. The third-order valence-corrected chi connectivity index (χ3v) is 3.12. The van der Waals surface area contributed by atoms with Gasteiger partial charge in [-0.25, -0.2) is 0 Å².